The molecule has 624 valence electrons. The Morgan fingerprint density at radius 1 is 0.257 bits per heavy atom. The van der Waals surface area contributed by atoms with Gasteiger partial charge in [-0.05, 0) is 37.5 Å². The Morgan fingerprint density at radius 2 is 0.438 bits per heavy atom. The quantitative estimate of drug-likeness (QED) is 0.0222. The zero-order valence-electron chi connectivity index (χ0n) is 69.0. The first-order chi connectivity index (χ1) is 50.9. The standard InChI is InChI=1S/C86H168O17P2/c1-7-9-11-13-15-17-19-20-21-22-23-24-28-31-34-38-45-51-57-63-69-84(89)97-75-81(102-85(90)70-64-58-52-46-39-35-32-29-26-25-27-30-33-37-42-48-54-60-66-78(3)4)76-100-104(92,93)98-72-80(87)73-99-105(94,95)101-77-82(74-96-83(88)68-62-56-50-44-36-18-16-14-12-10-8-2)103-86(91)71-65-59-53-47-41-40-43-49-55-61-67-79(5)6/h78-82,87H,7-77H2,1-6H3,(H,92,93)(H,94,95)/t80-,81-,82-/m1/s1. The molecular weight excluding hydrogens is 1370 g/mol. The molecule has 0 amide bonds. The summed E-state index contributed by atoms with van der Waals surface area (Å²) in [6.45, 7) is 9.69. The van der Waals surface area contributed by atoms with Gasteiger partial charge in [-0.2, -0.15) is 0 Å². The van der Waals surface area contributed by atoms with E-state index >= 15 is 0 Å². The summed E-state index contributed by atoms with van der Waals surface area (Å²) in [5.41, 5.74) is 0. The summed E-state index contributed by atoms with van der Waals surface area (Å²) in [6, 6.07) is 0. The number of hydrogen-bond donors (Lipinski definition) is 3. The van der Waals surface area contributed by atoms with Gasteiger partial charge in [-0.1, -0.05) is 408 Å². The molecule has 105 heavy (non-hydrogen) atoms. The van der Waals surface area contributed by atoms with Crippen molar-refractivity contribution < 1.29 is 80.2 Å². The van der Waals surface area contributed by atoms with Crippen molar-refractivity contribution in [2.24, 2.45) is 11.8 Å². The molecule has 2 unspecified atom stereocenters. The number of rotatable bonds is 85. The average molecular weight is 1540 g/mol. The lowest BCUT2D eigenvalue weighted by Gasteiger charge is -2.21. The van der Waals surface area contributed by atoms with Gasteiger partial charge in [0, 0.05) is 25.7 Å². The second-order valence-corrected chi connectivity index (χ2v) is 34.8. The number of ether oxygens (including phenoxy) is 4. The van der Waals surface area contributed by atoms with Crippen molar-refractivity contribution >= 4 is 39.5 Å². The molecule has 0 aromatic carbocycles. The lowest BCUT2D eigenvalue weighted by molar-refractivity contribution is -0.161. The normalized spacial score (nSPS) is 13.8. The number of phosphoric ester groups is 2. The minimum absolute atomic E-state index is 0.107. The van der Waals surface area contributed by atoms with Crippen LogP contribution in [-0.2, 0) is 65.4 Å². The number of aliphatic hydroxyl groups excluding tert-OH is 1. The van der Waals surface area contributed by atoms with Crippen LogP contribution in [0.15, 0.2) is 0 Å². The number of phosphoric acid groups is 2. The van der Waals surface area contributed by atoms with Crippen LogP contribution in [0.25, 0.3) is 0 Å². The molecule has 0 bridgehead atoms. The van der Waals surface area contributed by atoms with E-state index < -0.39 is 97.5 Å². The Morgan fingerprint density at radius 3 is 0.648 bits per heavy atom. The van der Waals surface area contributed by atoms with E-state index in [2.05, 4.69) is 41.5 Å². The SMILES string of the molecule is CCCCCCCCCCCCCCCCCCCCCCC(=O)OC[C@H](COP(=O)(O)OC[C@@H](O)COP(=O)(O)OC[C@@H](COC(=O)CCCCCCCCCCCCC)OC(=O)CCCCCCCCCCCCC(C)C)OC(=O)CCCCCCCCCCCCCCCCCCCCC(C)C. The van der Waals surface area contributed by atoms with Crippen molar-refractivity contribution in [2.45, 2.75) is 477 Å². The first kappa shape index (κ1) is 103. The van der Waals surface area contributed by atoms with Gasteiger partial charge in [-0.25, -0.2) is 9.13 Å². The van der Waals surface area contributed by atoms with E-state index in [1.165, 1.54) is 276 Å². The highest BCUT2D eigenvalue weighted by molar-refractivity contribution is 7.47. The van der Waals surface area contributed by atoms with E-state index in [1.54, 1.807) is 0 Å². The van der Waals surface area contributed by atoms with Gasteiger partial charge in [-0.3, -0.25) is 37.3 Å². The number of carbonyl (C=O) groups is 4. The fourth-order valence-electron chi connectivity index (χ4n) is 13.4. The van der Waals surface area contributed by atoms with E-state index in [9.17, 15) is 43.2 Å². The summed E-state index contributed by atoms with van der Waals surface area (Å²) < 4.78 is 68.9. The second-order valence-electron chi connectivity index (χ2n) is 31.9. The highest BCUT2D eigenvalue weighted by Crippen LogP contribution is 2.45. The third-order valence-electron chi connectivity index (χ3n) is 20.2. The van der Waals surface area contributed by atoms with Gasteiger partial charge in [0.2, 0.25) is 0 Å². The number of hydrogen-bond acceptors (Lipinski definition) is 15. The van der Waals surface area contributed by atoms with E-state index in [-0.39, 0.29) is 25.7 Å². The molecule has 0 spiro atoms. The summed E-state index contributed by atoms with van der Waals surface area (Å²) in [7, 11) is -9.93. The Labute approximate surface area is 645 Å². The van der Waals surface area contributed by atoms with Crippen molar-refractivity contribution in [3.8, 4) is 0 Å². The molecule has 17 nitrogen and oxygen atoms in total. The zero-order valence-corrected chi connectivity index (χ0v) is 70.8. The number of unbranched alkanes of at least 4 members (excludes halogenated alkanes) is 55. The van der Waals surface area contributed by atoms with E-state index in [0.717, 1.165) is 102 Å². The average Bonchev–Trinajstić information content (AvgIpc) is 0.944. The van der Waals surface area contributed by atoms with Crippen LogP contribution in [0, 0.1) is 11.8 Å². The monoisotopic (exact) mass is 1540 g/mol. The molecule has 0 fully saturated rings. The minimum atomic E-state index is -4.97. The molecule has 5 atom stereocenters. The predicted molar refractivity (Wildman–Crippen MR) is 432 cm³/mol. The molecule has 0 heterocycles. The lowest BCUT2D eigenvalue weighted by atomic mass is 10.0. The van der Waals surface area contributed by atoms with Crippen LogP contribution in [0.2, 0.25) is 0 Å². The fraction of sp³-hybridized carbons (Fsp3) is 0.953. The van der Waals surface area contributed by atoms with Crippen LogP contribution in [0.4, 0.5) is 0 Å². The van der Waals surface area contributed by atoms with Crippen LogP contribution < -0.4 is 0 Å². The Balaban J connectivity index is 5.22. The first-order valence-electron chi connectivity index (χ1n) is 44.5. The van der Waals surface area contributed by atoms with Crippen LogP contribution in [-0.4, -0.2) is 96.7 Å². The third-order valence-corrected chi connectivity index (χ3v) is 22.1. The molecule has 0 aliphatic rings. The summed E-state index contributed by atoms with van der Waals surface area (Å²) in [5.74, 6) is -0.530. The molecule has 0 saturated carbocycles. The molecule has 0 radical (unpaired) electrons. The number of aliphatic hydroxyl groups is 1. The van der Waals surface area contributed by atoms with Gasteiger partial charge >= 0.3 is 39.5 Å². The summed E-state index contributed by atoms with van der Waals surface area (Å²) in [6.07, 6.45) is 69.5. The van der Waals surface area contributed by atoms with Crippen LogP contribution in [0.1, 0.15) is 459 Å². The number of carbonyl (C=O) groups excluding carboxylic acids is 4. The highest BCUT2D eigenvalue weighted by Gasteiger charge is 2.30. The molecule has 0 aliphatic heterocycles. The number of esters is 4. The smallest absolute Gasteiger partial charge is 0.462 e. The Hall–Kier alpha value is -1.94. The molecule has 0 aromatic rings. The van der Waals surface area contributed by atoms with Gasteiger partial charge < -0.3 is 33.8 Å². The highest BCUT2D eigenvalue weighted by atomic mass is 31.2. The maximum atomic E-state index is 13.1. The van der Waals surface area contributed by atoms with E-state index in [1.807, 2.05) is 0 Å². The van der Waals surface area contributed by atoms with Crippen molar-refractivity contribution in [1.82, 2.24) is 0 Å². The van der Waals surface area contributed by atoms with Gasteiger partial charge in [0.25, 0.3) is 0 Å². The minimum Gasteiger partial charge on any atom is -0.462 e. The van der Waals surface area contributed by atoms with E-state index in [4.69, 9.17) is 37.0 Å². The van der Waals surface area contributed by atoms with Crippen LogP contribution in [0.3, 0.4) is 0 Å². The molecule has 0 aliphatic carbocycles. The zero-order chi connectivity index (χ0) is 77.1. The van der Waals surface area contributed by atoms with Gasteiger partial charge in [0.05, 0.1) is 26.4 Å². The Kier molecular flexibility index (Phi) is 76.0. The van der Waals surface area contributed by atoms with Crippen molar-refractivity contribution in [1.29, 1.82) is 0 Å². The second kappa shape index (κ2) is 77.4. The van der Waals surface area contributed by atoms with E-state index in [0.29, 0.717) is 25.7 Å². The Bertz CT molecular complexity index is 2010. The van der Waals surface area contributed by atoms with Crippen molar-refractivity contribution in [2.75, 3.05) is 39.6 Å². The van der Waals surface area contributed by atoms with Gasteiger partial charge in [0.15, 0.2) is 12.2 Å². The molecular formula is C86H168O17P2. The van der Waals surface area contributed by atoms with Crippen LogP contribution in [0.5, 0.6) is 0 Å². The molecule has 3 N–H and O–H groups in total. The van der Waals surface area contributed by atoms with Crippen molar-refractivity contribution in [3.63, 3.8) is 0 Å². The van der Waals surface area contributed by atoms with Gasteiger partial charge in [-0.15, -0.1) is 0 Å². The topological polar surface area (TPSA) is 237 Å². The first-order valence-corrected chi connectivity index (χ1v) is 47.5. The molecule has 0 aromatic heterocycles. The third kappa shape index (κ3) is 79.9. The summed E-state index contributed by atoms with van der Waals surface area (Å²) >= 11 is 0. The molecule has 19 heteroatoms. The maximum Gasteiger partial charge on any atom is 0.472 e. The fourth-order valence-corrected chi connectivity index (χ4v) is 15.0. The van der Waals surface area contributed by atoms with Gasteiger partial charge in [0.1, 0.15) is 19.3 Å². The van der Waals surface area contributed by atoms with Crippen LogP contribution >= 0.6 is 15.6 Å². The molecule has 0 rings (SSSR count). The summed E-state index contributed by atoms with van der Waals surface area (Å²) in [4.78, 5) is 73.2. The summed E-state index contributed by atoms with van der Waals surface area (Å²) in [5, 5.41) is 10.7. The predicted octanol–water partition coefficient (Wildman–Crippen LogP) is 26.2. The molecule has 0 saturated heterocycles. The largest absolute Gasteiger partial charge is 0.472 e. The van der Waals surface area contributed by atoms with Crippen molar-refractivity contribution in [3.05, 3.63) is 0 Å². The maximum absolute atomic E-state index is 13.1. The lowest BCUT2D eigenvalue weighted by Crippen LogP contribution is -2.30.